The Morgan fingerprint density at radius 3 is 2.52 bits per heavy atom. The predicted molar refractivity (Wildman–Crippen MR) is 160 cm³/mol. The summed E-state index contributed by atoms with van der Waals surface area (Å²) in [7, 11) is 1.25. The number of nitrogens with one attached hydrogen (secondary N) is 1. The zero-order valence-corrected chi connectivity index (χ0v) is 25.3. The first-order valence-electron chi connectivity index (χ1n) is 13.4. The normalized spacial score (nSPS) is 17.0. The molecule has 1 heterocycles. The number of hydrogen-bond donors (Lipinski definition) is 1. The largest absolute Gasteiger partial charge is 0.489 e. The van der Waals surface area contributed by atoms with E-state index >= 15 is 0 Å². The van der Waals surface area contributed by atoms with Crippen LogP contribution in [0.1, 0.15) is 50.7 Å². The minimum Gasteiger partial charge on any atom is -0.489 e. The van der Waals surface area contributed by atoms with Gasteiger partial charge in [-0.3, -0.25) is 0 Å². The summed E-state index contributed by atoms with van der Waals surface area (Å²) in [6.07, 6.45) is 8.94. The molecule has 0 saturated heterocycles. The van der Waals surface area contributed by atoms with Crippen LogP contribution in [0, 0.1) is 0 Å². The lowest BCUT2D eigenvalue weighted by Crippen LogP contribution is -2.44. The molecule has 8 nitrogen and oxygen atoms in total. The molecule has 2 atom stereocenters. The second-order valence-corrected chi connectivity index (χ2v) is 11.5. The van der Waals surface area contributed by atoms with Crippen LogP contribution in [0.25, 0.3) is 0 Å². The fourth-order valence-corrected chi connectivity index (χ4v) is 4.68. The third kappa shape index (κ3) is 8.57. The number of carbonyl (C=O) groups is 2. The summed E-state index contributed by atoms with van der Waals surface area (Å²) < 4.78 is 27.9. The number of esters is 1. The van der Waals surface area contributed by atoms with Crippen molar-refractivity contribution >= 4 is 35.3 Å². The zero-order valence-electron chi connectivity index (χ0n) is 23.8. The number of methoxy groups -OCH3 is 1. The van der Waals surface area contributed by atoms with Gasteiger partial charge in [0.25, 0.3) is 0 Å². The van der Waals surface area contributed by atoms with E-state index in [1.807, 2.05) is 42.5 Å². The Morgan fingerprint density at radius 1 is 1.07 bits per heavy atom. The van der Waals surface area contributed by atoms with Gasteiger partial charge in [0.05, 0.1) is 17.2 Å². The Morgan fingerprint density at radius 2 is 1.83 bits per heavy atom. The van der Waals surface area contributed by atoms with Crippen molar-refractivity contribution < 1.29 is 33.3 Å². The third-order valence-corrected chi connectivity index (χ3v) is 7.05. The number of ether oxygens (including phenoxy) is 5. The quantitative estimate of drug-likeness (QED) is 0.289. The van der Waals surface area contributed by atoms with Crippen LogP contribution in [0.5, 0.6) is 5.75 Å². The number of carbonyl (C=O) groups excluding carboxylic acids is 2. The Balaban J connectivity index is 1.41. The Labute approximate surface area is 255 Å². The number of allylic oxidation sites excluding steroid dienone is 4. The SMILES string of the molecule is COC(=O)[C@H](CC1=COC=C(C2=CC=CC[C@H]2c2ccc(OCc3ccc(Cl)c(Cl)c3)cc2)O1)NC(=O)OC(C)(C)C. The van der Waals surface area contributed by atoms with Crippen molar-refractivity contribution in [1.82, 2.24) is 5.32 Å². The molecule has 1 aliphatic heterocycles. The molecule has 2 aromatic carbocycles. The molecule has 0 aromatic heterocycles. The van der Waals surface area contributed by atoms with E-state index in [-0.39, 0.29) is 12.3 Å². The van der Waals surface area contributed by atoms with Crippen molar-refractivity contribution in [3.63, 3.8) is 0 Å². The smallest absolute Gasteiger partial charge is 0.408 e. The van der Waals surface area contributed by atoms with Crippen LogP contribution in [0.2, 0.25) is 10.0 Å². The minimum atomic E-state index is -1.04. The van der Waals surface area contributed by atoms with Gasteiger partial charge in [0, 0.05) is 17.9 Å². The topological polar surface area (TPSA) is 92.3 Å². The summed E-state index contributed by atoms with van der Waals surface area (Å²) in [6, 6.07) is 12.2. The molecule has 0 spiro atoms. The maximum absolute atomic E-state index is 12.4. The molecule has 2 aliphatic rings. The molecular weight excluding hydrogens is 581 g/mol. The molecule has 0 unspecified atom stereocenters. The fourth-order valence-electron chi connectivity index (χ4n) is 4.36. The van der Waals surface area contributed by atoms with Crippen molar-refractivity contribution in [3.05, 3.63) is 111 Å². The van der Waals surface area contributed by atoms with Gasteiger partial charge >= 0.3 is 12.1 Å². The van der Waals surface area contributed by atoms with E-state index in [2.05, 4.69) is 11.4 Å². The molecule has 0 radical (unpaired) electrons. The lowest BCUT2D eigenvalue weighted by molar-refractivity contribution is -0.143. The average Bonchev–Trinajstić information content (AvgIpc) is 2.96. The second kappa shape index (κ2) is 13.9. The van der Waals surface area contributed by atoms with Crippen LogP contribution in [-0.4, -0.2) is 30.8 Å². The number of hydrogen-bond acceptors (Lipinski definition) is 7. The maximum Gasteiger partial charge on any atom is 0.408 e. The van der Waals surface area contributed by atoms with E-state index in [9.17, 15) is 9.59 Å². The van der Waals surface area contributed by atoms with Gasteiger partial charge in [-0.05, 0) is 62.6 Å². The average molecular weight is 615 g/mol. The van der Waals surface area contributed by atoms with Gasteiger partial charge in [0.1, 0.15) is 42.3 Å². The van der Waals surface area contributed by atoms with Gasteiger partial charge in [-0.15, -0.1) is 0 Å². The fraction of sp³-hybridized carbons (Fsp3) is 0.312. The highest BCUT2D eigenvalue weighted by molar-refractivity contribution is 6.42. The molecular formula is C32H33Cl2NO7. The summed E-state index contributed by atoms with van der Waals surface area (Å²) in [5, 5.41) is 3.54. The molecule has 222 valence electrons. The molecule has 42 heavy (non-hydrogen) atoms. The van der Waals surface area contributed by atoms with Crippen molar-refractivity contribution in [1.29, 1.82) is 0 Å². The lowest BCUT2D eigenvalue weighted by atomic mass is 9.84. The zero-order chi connectivity index (χ0) is 30.3. The first kappa shape index (κ1) is 31.1. The predicted octanol–water partition coefficient (Wildman–Crippen LogP) is 7.73. The van der Waals surface area contributed by atoms with Gasteiger partial charge in [-0.2, -0.15) is 0 Å². The van der Waals surface area contributed by atoms with E-state index in [0.29, 0.717) is 28.2 Å². The minimum absolute atomic E-state index is 0.00189. The monoisotopic (exact) mass is 613 g/mol. The van der Waals surface area contributed by atoms with Crippen LogP contribution >= 0.6 is 23.2 Å². The maximum atomic E-state index is 12.4. The molecule has 1 amide bonds. The molecule has 4 rings (SSSR count). The molecule has 0 fully saturated rings. The van der Waals surface area contributed by atoms with Gasteiger partial charge in [-0.1, -0.05) is 59.6 Å². The van der Waals surface area contributed by atoms with Crippen LogP contribution in [0.15, 0.2) is 90.3 Å². The summed E-state index contributed by atoms with van der Waals surface area (Å²) >= 11 is 12.1. The van der Waals surface area contributed by atoms with Gasteiger partial charge in [-0.25, -0.2) is 9.59 Å². The Bertz CT molecular complexity index is 1420. The van der Waals surface area contributed by atoms with Crippen LogP contribution in [-0.2, 0) is 30.3 Å². The van der Waals surface area contributed by atoms with Gasteiger partial charge < -0.3 is 29.0 Å². The van der Waals surface area contributed by atoms with E-state index in [0.717, 1.165) is 28.9 Å². The van der Waals surface area contributed by atoms with Gasteiger partial charge in [0.15, 0.2) is 5.76 Å². The van der Waals surface area contributed by atoms with Crippen molar-refractivity contribution in [3.8, 4) is 5.75 Å². The molecule has 1 N–H and O–H groups in total. The second-order valence-electron chi connectivity index (χ2n) is 10.7. The molecule has 10 heteroatoms. The number of benzene rings is 2. The van der Waals surface area contributed by atoms with Crippen molar-refractivity contribution in [2.75, 3.05) is 7.11 Å². The van der Waals surface area contributed by atoms with E-state index in [1.54, 1.807) is 32.9 Å². The van der Waals surface area contributed by atoms with E-state index in [4.69, 9.17) is 46.9 Å². The van der Waals surface area contributed by atoms with Gasteiger partial charge in [0.2, 0.25) is 0 Å². The van der Waals surface area contributed by atoms with Crippen LogP contribution in [0.3, 0.4) is 0 Å². The first-order chi connectivity index (χ1) is 20.0. The van der Waals surface area contributed by atoms with Crippen molar-refractivity contribution in [2.45, 2.75) is 57.8 Å². The summed E-state index contributed by atoms with van der Waals surface area (Å²) in [5.41, 5.74) is 2.15. The lowest BCUT2D eigenvalue weighted by Gasteiger charge is -2.27. The standard InChI is InChI=1S/C32H33Cl2NO7/c1-32(2,3)42-31(37)35-28(30(36)38-4)16-23-18-39-19-29(41-23)25-8-6-5-7-24(25)21-10-12-22(13-11-21)40-17-20-9-14-26(33)27(34)15-20/h5-6,8-15,18-19,24,28H,7,16-17H2,1-4H3,(H,35,37)/t24-,28-/m0/s1. The van der Waals surface area contributed by atoms with Crippen LogP contribution < -0.4 is 10.1 Å². The van der Waals surface area contributed by atoms with Crippen molar-refractivity contribution in [2.24, 2.45) is 0 Å². The number of halogens is 2. The summed E-state index contributed by atoms with van der Waals surface area (Å²) in [4.78, 5) is 24.7. The first-order valence-corrected chi connectivity index (χ1v) is 14.1. The Hall–Kier alpha value is -3.88. The number of alkyl carbamates (subject to hydrolysis) is 1. The van der Waals surface area contributed by atoms with E-state index in [1.165, 1.54) is 19.6 Å². The highest BCUT2D eigenvalue weighted by Gasteiger charge is 2.30. The molecule has 2 aromatic rings. The molecule has 0 bridgehead atoms. The highest BCUT2D eigenvalue weighted by Crippen LogP contribution is 2.38. The Kier molecular flexibility index (Phi) is 10.2. The highest BCUT2D eigenvalue weighted by atomic mass is 35.5. The number of rotatable bonds is 9. The van der Waals surface area contributed by atoms with Crippen LogP contribution in [0.4, 0.5) is 4.79 Å². The van der Waals surface area contributed by atoms with E-state index < -0.39 is 23.7 Å². The number of amides is 1. The third-order valence-electron chi connectivity index (χ3n) is 6.31. The summed E-state index contributed by atoms with van der Waals surface area (Å²) in [5.74, 6) is 0.918. The summed E-state index contributed by atoms with van der Waals surface area (Å²) in [6.45, 7) is 5.56. The molecule has 1 aliphatic carbocycles. The molecule has 0 saturated carbocycles.